The summed E-state index contributed by atoms with van der Waals surface area (Å²) in [5.41, 5.74) is 2.87. The van der Waals surface area contributed by atoms with E-state index in [0.29, 0.717) is 16.7 Å². The van der Waals surface area contributed by atoms with Crippen LogP contribution in [0.4, 0.5) is 5.69 Å². The van der Waals surface area contributed by atoms with Crippen LogP contribution in [-0.4, -0.2) is 34.8 Å². The second-order valence-corrected chi connectivity index (χ2v) is 6.71. The van der Waals surface area contributed by atoms with Crippen LogP contribution in [-0.2, 0) is 20.9 Å². The third kappa shape index (κ3) is 4.65. The van der Waals surface area contributed by atoms with Crippen LogP contribution in [0.25, 0.3) is 10.9 Å². The number of aromatic nitrogens is 1. The average Bonchev–Trinajstić information content (AvgIpc) is 2.99. The average molecular weight is 409 g/mol. The monoisotopic (exact) mass is 409 g/mol. The highest BCUT2D eigenvalue weighted by Gasteiger charge is 2.19. The first-order valence-corrected chi connectivity index (χ1v) is 9.51. The van der Waals surface area contributed by atoms with E-state index in [-0.39, 0.29) is 31.3 Å². The molecule has 2 aromatic carbocycles. The minimum atomic E-state index is -0.602. The summed E-state index contributed by atoms with van der Waals surface area (Å²) >= 11 is 0. The lowest BCUT2D eigenvalue weighted by Crippen LogP contribution is -2.12. The molecule has 30 heavy (non-hydrogen) atoms. The van der Waals surface area contributed by atoms with Crippen molar-refractivity contribution in [1.82, 2.24) is 4.57 Å². The van der Waals surface area contributed by atoms with Crippen molar-refractivity contribution >= 4 is 28.5 Å². The van der Waals surface area contributed by atoms with Gasteiger partial charge >= 0.3 is 11.9 Å². The number of rotatable bonds is 7. The van der Waals surface area contributed by atoms with Gasteiger partial charge in [0.2, 0.25) is 5.88 Å². The summed E-state index contributed by atoms with van der Waals surface area (Å²) in [6.45, 7) is 5.42. The quantitative estimate of drug-likeness (QED) is 0.465. The van der Waals surface area contributed by atoms with Gasteiger partial charge in [0.15, 0.2) is 12.3 Å². The molecule has 1 heterocycles. The zero-order chi connectivity index (χ0) is 21.7. The van der Waals surface area contributed by atoms with E-state index in [1.165, 1.54) is 4.57 Å². The Labute approximate surface area is 173 Å². The molecular formula is C22H23N3O5. The molecule has 1 aromatic heterocycles. The molecule has 0 radical (unpaired) electrons. The van der Waals surface area contributed by atoms with Gasteiger partial charge in [0.1, 0.15) is 12.3 Å². The molecule has 0 aliphatic heterocycles. The molecule has 8 heteroatoms. The van der Waals surface area contributed by atoms with Crippen molar-refractivity contribution in [2.75, 3.05) is 13.2 Å². The maximum absolute atomic E-state index is 12.1. The van der Waals surface area contributed by atoms with Gasteiger partial charge in [-0.15, -0.1) is 10.2 Å². The number of carbonyl (C=O) groups excluding carboxylic acids is 2. The number of azo groups is 1. The molecule has 0 bridgehead atoms. The van der Waals surface area contributed by atoms with Gasteiger partial charge < -0.3 is 14.6 Å². The molecular weight excluding hydrogens is 386 g/mol. The Morgan fingerprint density at radius 3 is 2.60 bits per heavy atom. The first kappa shape index (κ1) is 21.0. The Balaban J connectivity index is 1.78. The number of fused-ring (bicyclic) bond motifs is 1. The molecule has 0 aliphatic carbocycles. The van der Waals surface area contributed by atoms with Gasteiger partial charge in [0, 0.05) is 5.39 Å². The summed E-state index contributed by atoms with van der Waals surface area (Å²) in [5.74, 6) is -0.795. The molecule has 0 spiro atoms. The van der Waals surface area contributed by atoms with Gasteiger partial charge in [-0.1, -0.05) is 24.3 Å². The smallest absolute Gasteiger partial charge is 0.326 e. The molecule has 8 nitrogen and oxygen atoms in total. The standard InChI is InChI=1S/C22H23N3O5/c1-4-29-20(27)12-25-18-8-6-5-7-17(18)21(22(25)28)24-23-19(26)13-30-16-10-9-14(2)15(3)11-16/h5-11,28H,4,12-13H2,1-3H3. The summed E-state index contributed by atoms with van der Waals surface area (Å²) in [6.07, 6.45) is 0. The molecule has 3 rings (SSSR count). The minimum absolute atomic E-state index is 0.106. The highest BCUT2D eigenvalue weighted by molar-refractivity contribution is 5.96. The minimum Gasteiger partial charge on any atom is -0.493 e. The summed E-state index contributed by atoms with van der Waals surface area (Å²) in [5, 5.41) is 18.7. The van der Waals surface area contributed by atoms with Gasteiger partial charge in [-0.05, 0) is 50.1 Å². The number of aryl methyl sites for hydroxylation is 2. The van der Waals surface area contributed by atoms with Crippen molar-refractivity contribution in [3.63, 3.8) is 0 Å². The lowest BCUT2D eigenvalue weighted by Gasteiger charge is -2.06. The van der Waals surface area contributed by atoms with E-state index < -0.39 is 11.9 Å². The highest BCUT2D eigenvalue weighted by Crippen LogP contribution is 2.38. The number of ether oxygens (including phenoxy) is 2. The second kappa shape index (κ2) is 9.21. The van der Waals surface area contributed by atoms with E-state index in [2.05, 4.69) is 10.2 Å². The number of hydrogen-bond acceptors (Lipinski definition) is 6. The Morgan fingerprint density at radius 1 is 1.10 bits per heavy atom. The van der Waals surface area contributed by atoms with Gasteiger partial charge in [-0.3, -0.25) is 14.2 Å². The Morgan fingerprint density at radius 2 is 1.87 bits per heavy atom. The molecule has 0 atom stereocenters. The van der Waals surface area contributed by atoms with Crippen LogP contribution in [0.5, 0.6) is 11.6 Å². The summed E-state index contributed by atoms with van der Waals surface area (Å²) in [4.78, 5) is 24.0. The van der Waals surface area contributed by atoms with Gasteiger partial charge in [-0.2, -0.15) is 0 Å². The van der Waals surface area contributed by atoms with E-state index in [1.807, 2.05) is 26.0 Å². The second-order valence-electron chi connectivity index (χ2n) is 6.71. The number of nitrogens with zero attached hydrogens (tertiary/aromatic N) is 3. The van der Waals surface area contributed by atoms with Crippen molar-refractivity contribution in [2.24, 2.45) is 10.2 Å². The molecule has 3 aromatic rings. The van der Waals surface area contributed by atoms with E-state index in [9.17, 15) is 14.7 Å². The van der Waals surface area contributed by atoms with Crippen molar-refractivity contribution in [2.45, 2.75) is 27.3 Å². The predicted molar refractivity (Wildman–Crippen MR) is 111 cm³/mol. The van der Waals surface area contributed by atoms with Crippen molar-refractivity contribution in [3.8, 4) is 11.6 Å². The number of hydrogen-bond donors (Lipinski definition) is 1. The third-order valence-electron chi connectivity index (χ3n) is 4.61. The van der Waals surface area contributed by atoms with Gasteiger partial charge in [-0.25, -0.2) is 0 Å². The molecule has 156 valence electrons. The zero-order valence-corrected chi connectivity index (χ0v) is 17.1. The topological polar surface area (TPSA) is 102 Å². The van der Waals surface area contributed by atoms with Crippen molar-refractivity contribution in [3.05, 3.63) is 53.6 Å². The number of para-hydroxylation sites is 1. The molecule has 1 N–H and O–H groups in total. The summed E-state index contributed by atoms with van der Waals surface area (Å²) in [6, 6.07) is 12.5. The lowest BCUT2D eigenvalue weighted by molar-refractivity contribution is -0.143. The first-order chi connectivity index (χ1) is 14.4. The SMILES string of the molecule is CCOC(=O)Cn1c(O)c(N=NC(=O)COc2ccc(C)c(C)c2)c2ccccc21. The van der Waals surface area contributed by atoms with Crippen LogP contribution in [0.3, 0.4) is 0 Å². The fourth-order valence-corrected chi connectivity index (χ4v) is 2.95. The molecule has 0 saturated carbocycles. The van der Waals surface area contributed by atoms with Crippen LogP contribution < -0.4 is 4.74 Å². The maximum atomic E-state index is 12.1. The van der Waals surface area contributed by atoms with E-state index in [4.69, 9.17) is 9.47 Å². The maximum Gasteiger partial charge on any atom is 0.326 e. The summed E-state index contributed by atoms with van der Waals surface area (Å²) in [7, 11) is 0. The normalized spacial score (nSPS) is 11.2. The van der Waals surface area contributed by atoms with Gasteiger partial charge in [0.25, 0.3) is 0 Å². The lowest BCUT2D eigenvalue weighted by atomic mass is 10.1. The van der Waals surface area contributed by atoms with Crippen LogP contribution >= 0.6 is 0 Å². The first-order valence-electron chi connectivity index (χ1n) is 9.51. The fraction of sp³-hybridized carbons (Fsp3) is 0.273. The molecule has 0 unspecified atom stereocenters. The molecule has 0 fully saturated rings. The number of esters is 1. The van der Waals surface area contributed by atoms with Crippen LogP contribution in [0.15, 0.2) is 52.7 Å². The van der Waals surface area contributed by atoms with Crippen molar-refractivity contribution < 1.29 is 24.2 Å². The van der Waals surface area contributed by atoms with Crippen LogP contribution in [0, 0.1) is 13.8 Å². The third-order valence-corrected chi connectivity index (χ3v) is 4.61. The summed E-state index contributed by atoms with van der Waals surface area (Å²) < 4.78 is 11.8. The van der Waals surface area contributed by atoms with Crippen LogP contribution in [0.2, 0.25) is 0 Å². The largest absolute Gasteiger partial charge is 0.493 e. The zero-order valence-electron chi connectivity index (χ0n) is 17.1. The molecule has 0 aliphatic rings. The Hall–Kier alpha value is -3.68. The number of amides is 1. The Bertz CT molecular complexity index is 1120. The number of benzene rings is 2. The van der Waals surface area contributed by atoms with Crippen LogP contribution in [0.1, 0.15) is 18.1 Å². The number of aromatic hydroxyl groups is 1. The van der Waals surface area contributed by atoms with E-state index in [0.717, 1.165) is 11.1 Å². The molecule has 1 amide bonds. The Kier molecular flexibility index (Phi) is 6.46. The van der Waals surface area contributed by atoms with Crippen molar-refractivity contribution in [1.29, 1.82) is 0 Å². The van der Waals surface area contributed by atoms with Gasteiger partial charge in [0.05, 0.1) is 12.1 Å². The predicted octanol–water partition coefficient (Wildman–Crippen LogP) is 4.22. The molecule has 0 saturated heterocycles. The van der Waals surface area contributed by atoms with E-state index in [1.54, 1.807) is 37.3 Å². The number of carbonyl (C=O) groups is 2. The van der Waals surface area contributed by atoms with E-state index >= 15 is 0 Å². The highest BCUT2D eigenvalue weighted by atomic mass is 16.5. The fourth-order valence-electron chi connectivity index (χ4n) is 2.95.